The smallest absolute Gasteiger partial charge is 0.353 e. The molecule has 1 aliphatic heterocycles. The van der Waals surface area contributed by atoms with E-state index >= 15 is 0 Å². The third kappa shape index (κ3) is 2.01. The Morgan fingerprint density at radius 1 is 1.43 bits per heavy atom. The third-order valence-electron chi connectivity index (χ3n) is 2.21. The second kappa shape index (κ2) is 3.91. The molecule has 0 bridgehead atoms. The summed E-state index contributed by atoms with van der Waals surface area (Å²) < 4.78 is 18.4. The first kappa shape index (κ1) is 10.9. The molecule has 0 saturated carbocycles. The van der Waals surface area contributed by atoms with Crippen molar-refractivity contribution in [3.63, 3.8) is 0 Å². The average molecular weight is 206 g/mol. The van der Waals surface area contributed by atoms with E-state index in [1.54, 1.807) is 0 Å². The highest BCUT2D eigenvalue weighted by Gasteiger charge is 2.49. The molecule has 1 fully saturated rings. The number of hydrogen-bond acceptors (Lipinski definition) is 3. The molecule has 1 rings (SSSR count). The van der Waals surface area contributed by atoms with E-state index < -0.39 is 30.1 Å². The van der Waals surface area contributed by atoms with E-state index in [1.807, 2.05) is 0 Å². The Kier molecular flexibility index (Phi) is 3.05. The number of carboxylic acid groups (broad SMARTS) is 2. The van der Waals surface area contributed by atoms with E-state index in [0.29, 0.717) is 19.4 Å². The Labute approximate surface area is 79.5 Å². The van der Waals surface area contributed by atoms with Gasteiger partial charge in [-0.25, -0.2) is 14.0 Å². The molecule has 1 heterocycles. The van der Waals surface area contributed by atoms with Crippen molar-refractivity contribution in [1.82, 2.24) is 0 Å². The number of rotatable bonds is 4. The lowest BCUT2D eigenvalue weighted by Crippen LogP contribution is -2.44. The molecule has 0 aliphatic carbocycles. The van der Waals surface area contributed by atoms with Crippen LogP contribution >= 0.6 is 0 Å². The number of carbonyl (C=O) groups is 2. The number of hydrogen-bond donors (Lipinski definition) is 2. The minimum Gasteiger partial charge on any atom is -0.478 e. The minimum absolute atomic E-state index is 0.431. The third-order valence-corrected chi connectivity index (χ3v) is 2.21. The second-order valence-corrected chi connectivity index (χ2v) is 3.25. The molecule has 2 N–H and O–H groups in total. The lowest BCUT2D eigenvalue weighted by Gasteiger charge is -2.18. The predicted molar refractivity (Wildman–Crippen MR) is 42.7 cm³/mol. The molecule has 1 aliphatic rings. The zero-order valence-corrected chi connectivity index (χ0v) is 7.40. The Balaban J connectivity index is 2.68. The van der Waals surface area contributed by atoms with Crippen molar-refractivity contribution in [2.24, 2.45) is 0 Å². The highest BCUT2D eigenvalue weighted by molar-refractivity contribution is 6.01. The highest BCUT2D eigenvalue weighted by atomic mass is 19.1. The molecule has 80 valence electrons. The average Bonchev–Trinajstić information content (AvgIpc) is 2.55. The van der Waals surface area contributed by atoms with E-state index in [0.717, 1.165) is 0 Å². The van der Waals surface area contributed by atoms with Crippen LogP contribution in [0.5, 0.6) is 0 Å². The van der Waals surface area contributed by atoms with Crippen LogP contribution in [0.25, 0.3) is 0 Å². The van der Waals surface area contributed by atoms with Gasteiger partial charge < -0.3 is 14.9 Å². The first-order valence-electron chi connectivity index (χ1n) is 4.24. The number of aliphatic carboxylic acids is 2. The standard InChI is InChI=1S/C8H11FO5/c9-8(6(10)11,7(12)13)4-5-2-1-3-14-5/h5H,1-4H2,(H,10,11)(H,12,13)/t5-/m0/s1. The normalized spacial score (nSPS) is 22.2. The van der Waals surface area contributed by atoms with E-state index in [-0.39, 0.29) is 0 Å². The zero-order chi connectivity index (χ0) is 10.8. The van der Waals surface area contributed by atoms with Gasteiger partial charge in [0.1, 0.15) is 0 Å². The van der Waals surface area contributed by atoms with Crippen LogP contribution < -0.4 is 0 Å². The van der Waals surface area contributed by atoms with Crippen molar-refractivity contribution >= 4 is 11.9 Å². The van der Waals surface area contributed by atoms with E-state index in [1.165, 1.54) is 0 Å². The summed E-state index contributed by atoms with van der Waals surface area (Å²) in [6.45, 7) is 0.431. The van der Waals surface area contributed by atoms with Crippen LogP contribution in [-0.2, 0) is 14.3 Å². The van der Waals surface area contributed by atoms with E-state index in [2.05, 4.69) is 0 Å². The van der Waals surface area contributed by atoms with Gasteiger partial charge in [-0.15, -0.1) is 0 Å². The van der Waals surface area contributed by atoms with Crippen LogP contribution in [-0.4, -0.2) is 40.5 Å². The number of alkyl halides is 1. The van der Waals surface area contributed by atoms with Crippen LogP contribution in [0.15, 0.2) is 0 Å². The molecule has 0 radical (unpaired) electrons. The molecular formula is C8H11FO5. The van der Waals surface area contributed by atoms with Crippen molar-refractivity contribution in [2.45, 2.75) is 31.0 Å². The van der Waals surface area contributed by atoms with Crippen LogP contribution in [0.4, 0.5) is 4.39 Å². The Hall–Kier alpha value is -1.17. The topological polar surface area (TPSA) is 83.8 Å². The summed E-state index contributed by atoms with van der Waals surface area (Å²) in [6, 6.07) is 0. The lowest BCUT2D eigenvalue weighted by molar-refractivity contribution is -0.169. The molecule has 1 atom stereocenters. The van der Waals surface area contributed by atoms with Crippen LogP contribution in [0.3, 0.4) is 0 Å². The molecule has 0 aromatic carbocycles. The fraction of sp³-hybridized carbons (Fsp3) is 0.750. The van der Waals surface area contributed by atoms with Crippen molar-refractivity contribution in [1.29, 1.82) is 0 Å². The van der Waals surface area contributed by atoms with E-state index in [9.17, 15) is 14.0 Å². The van der Waals surface area contributed by atoms with Crippen LogP contribution in [0.2, 0.25) is 0 Å². The summed E-state index contributed by atoms with van der Waals surface area (Å²) >= 11 is 0. The first-order chi connectivity index (χ1) is 6.47. The van der Waals surface area contributed by atoms with Gasteiger partial charge in [0.15, 0.2) is 0 Å². The van der Waals surface area contributed by atoms with Gasteiger partial charge in [0.2, 0.25) is 0 Å². The maximum Gasteiger partial charge on any atom is 0.353 e. The van der Waals surface area contributed by atoms with Crippen molar-refractivity contribution in [3.8, 4) is 0 Å². The van der Waals surface area contributed by atoms with E-state index in [4.69, 9.17) is 14.9 Å². The number of ether oxygens (including phenoxy) is 1. The summed E-state index contributed by atoms with van der Waals surface area (Å²) in [6.07, 6.45) is -0.0173. The highest BCUT2D eigenvalue weighted by Crippen LogP contribution is 2.26. The molecular weight excluding hydrogens is 195 g/mol. The molecule has 1 saturated heterocycles. The van der Waals surface area contributed by atoms with Crippen LogP contribution in [0.1, 0.15) is 19.3 Å². The molecule has 14 heavy (non-hydrogen) atoms. The van der Waals surface area contributed by atoms with Gasteiger partial charge in [-0.2, -0.15) is 0 Å². The second-order valence-electron chi connectivity index (χ2n) is 3.25. The number of carboxylic acids is 2. The summed E-state index contributed by atoms with van der Waals surface area (Å²) in [5, 5.41) is 16.9. The fourth-order valence-corrected chi connectivity index (χ4v) is 1.39. The molecule has 0 aromatic rings. The zero-order valence-electron chi connectivity index (χ0n) is 7.40. The summed E-state index contributed by atoms with van der Waals surface area (Å²) in [5.74, 6) is -3.94. The molecule has 5 nitrogen and oxygen atoms in total. The van der Waals surface area contributed by atoms with Crippen LogP contribution in [0, 0.1) is 0 Å². The minimum atomic E-state index is -3.23. The van der Waals surface area contributed by atoms with Gasteiger partial charge in [0.05, 0.1) is 6.10 Å². The molecule has 0 spiro atoms. The quantitative estimate of drug-likeness (QED) is 0.652. The molecule has 0 aromatic heterocycles. The fourth-order valence-electron chi connectivity index (χ4n) is 1.39. The Morgan fingerprint density at radius 2 is 2.00 bits per heavy atom. The predicted octanol–water partition coefficient (Wildman–Crippen LogP) is 0.433. The maximum atomic E-state index is 13.4. The number of halogens is 1. The molecule has 0 amide bonds. The van der Waals surface area contributed by atoms with Gasteiger partial charge in [-0.1, -0.05) is 0 Å². The van der Waals surface area contributed by atoms with Gasteiger partial charge >= 0.3 is 17.6 Å². The Morgan fingerprint density at radius 3 is 2.36 bits per heavy atom. The maximum absolute atomic E-state index is 13.4. The molecule has 6 heteroatoms. The Bertz CT molecular complexity index is 232. The SMILES string of the molecule is O=C(O)C(F)(C[C@@H]1CCCO1)C(=O)O. The monoisotopic (exact) mass is 206 g/mol. The largest absolute Gasteiger partial charge is 0.478 e. The van der Waals surface area contributed by atoms with Crippen molar-refractivity contribution in [3.05, 3.63) is 0 Å². The first-order valence-corrected chi connectivity index (χ1v) is 4.24. The van der Waals surface area contributed by atoms with Crippen molar-refractivity contribution < 1.29 is 28.9 Å². The summed E-state index contributed by atoms with van der Waals surface area (Å²) in [5.41, 5.74) is -3.23. The van der Waals surface area contributed by atoms with Gasteiger partial charge in [0.25, 0.3) is 0 Å². The van der Waals surface area contributed by atoms with Gasteiger partial charge in [-0.05, 0) is 12.8 Å². The summed E-state index contributed by atoms with van der Waals surface area (Å²) in [7, 11) is 0. The van der Waals surface area contributed by atoms with Gasteiger partial charge in [-0.3, -0.25) is 0 Å². The summed E-state index contributed by atoms with van der Waals surface area (Å²) in [4.78, 5) is 20.9. The lowest BCUT2D eigenvalue weighted by atomic mass is 9.97. The molecule has 0 unspecified atom stereocenters. The van der Waals surface area contributed by atoms with Crippen molar-refractivity contribution in [2.75, 3.05) is 6.61 Å². The van der Waals surface area contributed by atoms with Gasteiger partial charge in [0, 0.05) is 13.0 Å².